The first kappa shape index (κ1) is 12.8. The van der Waals surface area contributed by atoms with E-state index in [1.807, 2.05) is 11.7 Å². The van der Waals surface area contributed by atoms with Gasteiger partial charge in [0.15, 0.2) is 0 Å². The molecule has 0 saturated heterocycles. The predicted octanol–water partition coefficient (Wildman–Crippen LogP) is 2.81. The smallest absolute Gasteiger partial charge is 0.0672 e. The van der Waals surface area contributed by atoms with Gasteiger partial charge in [-0.1, -0.05) is 19.1 Å². The third kappa shape index (κ3) is 2.62. The summed E-state index contributed by atoms with van der Waals surface area (Å²) in [4.78, 5) is 0. The number of hydrogen-bond acceptors (Lipinski definition) is 2. The van der Waals surface area contributed by atoms with Crippen LogP contribution in [-0.2, 0) is 13.6 Å². The summed E-state index contributed by atoms with van der Waals surface area (Å²) in [5.74, 6) is 0. The molecule has 18 heavy (non-hydrogen) atoms. The highest BCUT2D eigenvalue weighted by Crippen LogP contribution is 2.26. The van der Waals surface area contributed by atoms with Crippen molar-refractivity contribution < 1.29 is 0 Å². The lowest BCUT2D eigenvalue weighted by Gasteiger charge is -2.08. The molecule has 0 radical (unpaired) electrons. The van der Waals surface area contributed by atoms with Crippen LogP contribution in [0.3, 0.4) is 0 Å². The minimum Gasteiger partial charge on any atom is -0.313 e. The zero-order valence-electron chi connectivity index (χ0n) is 11.6. The molecule has 0 amide bonds. The third-order valence-electron chi connectivity index (χ3n) is 3.18. The van der Waals surface area contributed by atoms with Gasteiger partial charge in [-0.15, -0.1) is 0 Å². The van der Waals surface area contributed by atoms with E-state index in [1.165, 1.54) is 22.3 Å². The minimum atomic E-state index is 0.920. The van der Waals surface area contributed by atoms with Gasteiger partial charge in [0.2, 0.25) is 0 Å². The lowest BCUT2D eigenvalue weighted by atomic mass is 9.99. The van der Waals surface area contributed by atoms with Gasteiger partial charge in [0.25, 0.3) is 0 Å². The van der Waals surface area contributed by atoms with Crippen molar-refractivity contribution in [2.24, 2.45) is 7.05 Å². The summed E-state index contributed by atoms with van der Waals surface area (Å²) in [6.07, 6.45) is 2.09. The van der Waals surface area contributed by atoms with Gasteiger partial charge in [0.05, 0.1) is 5.69 Å². The molecule has 2 aromatic rings. The second-order valence-electron chi connectivity index (χ2n) is 4.73. The number of hydrogen-bond donors (Lipinski definition) is 1. The van der Waals surface area contributed by atoms with E-state index in [9.17, 15) is 0 Å². The molecule has 1 heterocycles. The fourth-order valence-electron chi connectivity index (χ4n) is 2.20. The van der Waals surface area contributed by atoms with Gasteiger partial charge < -0.3 is 5.32 Å². The Balaban J connectivity index is 2.40. The Kier molecular flexibility index (Phi) is 3.82. The van der Waals surface area contributed by atoms with E-state index in [0.29, 0.717) is 0 Å². The standard InChI is InChI=1S/C15H21N3/c1-5-16-9-13-7-6-11(2)14(8-13)15-10-18(4)17-12(15)3/h6-8,10,16H,5,9H2,1-4H3. The molecule has 0 aliphatic carbocycles. The van der Waals surface area contributed by atoms with Gasteiger partial charge in [0.1, 0.15) is 0 Å². The number of nitrogens with one attached hydrogen (secondary N) is 1. The summed E-state index contributed by atoms with van der Waals surface area (Å²) in [5, 5.41) is 7.78. The van der Waals surface area contributed by atoms with E-state index in [-0.39, 0.29) is 0 Å². The van der Waals surface area contributed by atoms with E-state index in [4.69, 9.17) is 0 Å². The van der Waals surface area contributed by atoms with Gasteiger partial charge in [-0.3, -0.25) is 4.68 Å². The van der Waals surface area contributed by atoms with Crippen LogP contribution in [0.15, 0.2) is 24.4 Å². The molecule has 0 aliphatic heterocycles. The van der Waals surface area contributed by atoms with Crippen molar-refractivity contribution >= 4 is 0 Å². The quantitative estimate of drug-likeness (QED) is 0.895. The van der Waals surface area contributed by atoms with Crippen LogP contribution in [0.5, 0.6) is 0 Å². The molecule has 0 spiro atoms. The lowest BCUT2D eigenvalue weighted by molar-refractivity contribution is 0.727. The summed E-state index contributed by atoms with van der Waals surface area (Å²) in [7, 11) is 1.97. The molecule has 0 fully saturated rings. The highest BCUT2D eigenvalue weighted by molar-refractivity contribution is 5.69. The third-order valence-corrected chi connectivity index (χ3v) is 3.18. The van der Waals surface area contributed by atoms with Crippen molar-refractivity contribution in [2.75, 3.05) is 6.54 Å². The average molecular weight is 243 g/mol. The Hall–Kier alpha value is -1.61. The molecule has 1 aromatic carbocycles. The van der Waals surface area contributed by atoms with Crippen LogP contribution in [0, 0.1) is 13.8 Å². The van der Waals surface area contributed by atoms with Gasteiger partial charge in [-0.05, 0) is 43.1 Å². The zero-order valence-corrected chi connectivity index (χ0v) is 11.6. The molecule has 96 valence electrons. The Labute approximate surface area is 109 Å². The lowest BCUT2D eigenvalue weighted by Crippen LogP contribution is -2.11. The number of nitrogens with zero attached hydrogens (tertiary/aromatic N) is 2. The first-order valence-corrected chi connectivity index (χ1v) is 6.42. The number of aromatic nitrogens is 2. The van der Waals surface area contributed by atoms with Crippen LogP contribution in [-0.4, -0.2) is 16.3 Å². The monoisotopic (exact) mass is 243 g/mol. The van der Waals surface area contributed by atoms with Crippen LogP contribution in [0.2, 0.25) is 0 Å². The molecule has 0 saturated carbocycles. The van der Waals surface area contributed by atoms with Gasteiger partial charge in [0, 0.05) is 25.4 Å². The van der Waals surface area contributed by atoms with Gasteiger partial charge >= 0.3 is 0 Å². The van der Waals surface area contributed by atoms with E-state index in [1.54, 1.807) is 0 Å². The van der Waals surface area contributed by atoms with Crippen LogP contribution in [0.4, 0.5) is 0 Å². The van der Waals surface area contributed by atoms with Crippen molar-refractivity contribution in [1.82, 2.24) is 15.1 Å². The normalized spacial score (nSPS) is 10.9. The maximum atomic E-state index is 4.42. The second-order valence-corrected chi connectivity index (χ2v) is 4.73. The summed E-state index contributed by atoms with van der Waals surface area (Å²) < 4.78 is 1.88. The predicted molar refractivity (Wildman–Crippen MR) is 75.5 cm³/mol. The first-order chi connectivity index (χ1) is 8.61. The number of aryl methyl sites for hydroxylation is 3. The fourth-order valence-corrected chi connectivity index (χ4v) is 2.20. The van der Waals surface area contributed by atoms with E-state index >= 15 is 0 Å². The molecule has 3 heteroatoms. The molecule has 3 nitrogen and oxygen atoms in total. The van der Waals surface area contributed by atoms with Crippen LogP contribution in [0.25, 0.3) is 11.1 Å². The Morgan fingerprint density at radius 3 is 2.61 bits per heavy atom. The Bertz CT molecular complexity index is 541. The highest BCUT2D eigenvalue weighted by atomic mass is 15.2. The molecular weight excluding hydrogens is 222 g/mol. The molecule has 0 bridgehead atoms. The van der Waals surface area contributed by atoms with Gasteiger partial charge in [-0.25, -0.2) is 0 Å². The first-order valence-electron chi connectivity index (χ1n) is 6.42. The largest absolute Gasteiger partial charge is 0.313 e. The molecular formula is C15H21N3. The summed E-state index contributed by atoms with van der Waals surface area (Å²) >= 11 is 0. The summed E-state index contributed by atoms with van der Waals surface area (Å²) in [5.41, 5.74) is 6.22. The Morgan fingerprint density at radius 1 is 1.22 bits per heavy atom. The summed E-state index contributed by atoms with van der Waals surface area (Å²) in [6.45, 7) is 8.25. The van der Waals surface area contributed by atoms with Crippen molar-refractivity contribution in [3.8, 4) is 11.1 Å². The van der Waals surface area contributed by atoms with Crippen molar-refractivity contribution in [2.45, 2.75) is 27.3 Å². The van der Waals surface area contributed by atoms with Crippen molar-refractivity contribution in [3.05, 3.63) is 41.2 Å². The van der Waals surface area contributed by atoms with E-state index in [0.717, 1.165) is 18.8 Å². The molecule has 0 atom stereocenters. The average Bonchev–Trinajstić information content (AvgIpc) is 2.67. The number of rotatable bonds is 4. The maximum Gasteiger partial charge on any atom is 0.0672 e. The van der Waals surface area contributed by atoms with Crippen LogP contribution in [0.1, 0.15) is 23.7 Å². The van der Waals surface area contributed by atoms with Crippen LogP contribution >= 0.6 is 0 Å². The Morgan fingerprint density at radius 2 is 2.00 bits per heavy atom. The SMILES string of the molecule is CCNCc1ccc(C)c(-c2cn(C)nc2C)c1. The molecule has 2 rings (SSSR count). The zero-order chi connectivity index (χ0) is 13.1. The van der Waals surface area contributed by atoms with E-state index in [2.05, 4.69) is 55.6 Å². The molecule has 1 N–H and O–H groups in total. The second kappa shape index (κ2) is 5.36. The topological polar surface area (TPSA) is 29.9 Å². The molecule has 0 unspecified atom stereocenters. The van der Waals surface area contributed by atoms with Crippen LogP contribution < -0.4 is 5.32 Å². The van der Waals surface area contributed by atoms with Crippen molar-refractivity contribution in [3.63, 3.8) is 0 Å². The summed E-state index contributed by atoms with van der Waals surface area (Å²) in [6, 6.07) is 6.64. The molecule has 0 aliphatic rings. The fraction of sp³-hybridized carbons (Fsp3) is 0.400. The van der Waals surface area contributed by atoms with Gasteiger partial charge in [-0.2, -0.15) is 5.10 Å². The maximum absolute atomic E-state index is 4.42. The van der Waals surface area contributed by atoms with E-state index < -0.39 is 0 Å². The highest BCUT2D eigenvalue weighted by Gasteiger charge is 2.09. The molecule has 1 aromatic heterocycles. The van der Waals surface area contributed by atoms with Crippen molar-refractivity contribution in [1.29, 1.82) is 0 Å². The number of benzene rings is 1. The minimum absolute atomic E-state index is 0.920.